The molecule has 1 atom stereocenters. The van der Waals surface area contributed by atoms with Crippen molar-refractivity contribution in [3.05, 3.63) is 24.2 Å². The van der Waals surface area contributed by atoms with Crippen LogP contribution in [0.2, 0.25) is 0 Å². The predicted octanol–water partition coefficient (Wildman–Crippen LogP) is 3.04. The lowest BCUT2D eigenvalue weighted by atomic mass is 10.2. The molecule has 7 nitrogen and oxygen atoms in total. The molecule has 1 unspecified atom stereocenters. The Balaban J connectivity index is 1.76. The Kier molecular flexibility index (Phi) is 5.63. The summed E-state index contributed by atoms with van der Waals surface area (Å²) < 4.78 is 5.12. The Hall–Kier alpha value is -2.44. The first-order chi connectivity index (χ1) is 12.2. The quantitative estimate of drug-likeness (QED) is 0.898. The maximum absolute atomic E-state index is 12.1. The van der Waals surface area contributed by atoms with E-state index in [4.69, 9.17) is 4.52 Å². The zero-order valence-electron chi connectivity index (χ0n) is 14.9. The minimum Gasteiger partial charge on any atom is -0.357 e. The molecule has 1 aliphatic rings. The summed E-state index contributed by atoms with van der Waals surface area (Å²) in [5.74, 6) is 0.987. The van der Waals surface area contributed by atoms with Gasteiger partial charge in [0.05, 0.1) is 0 Å². The second-order valence-electron chi connectivity index (χ2n) is 6.51. The van der Waals surface area contributed by atoms with Crippen LogP contribution in [0.3, 0.4) is 0 Å². The molecule has 0 bridgehead atoms. The van der Waals surface area contributed by atoms with E-state index in [1.54, 1.807) is 6.20 Å². The molecular formula is C18H25N5O2. The predicted molar refractivity (Wildman–Crippen MR) is 95.4 cm³/mol. The van der Waals surface area contributed by atoms with Crippen molar-refractivity contribution in [3.8, 4) is 11.4 Å². The minimum absolute atomic E-state index is 0.0107. The lowest BCUT2D eigenvalue weighted by Gasteiger charge is -2.21. The average Bonchev–Trinajstić information content (AvgIpc) is 2.97. The van der Waals surface area contributed by atoms with Crippen LogP contribution in [-0.2, 0) is 0 Å². The van der Waals surface area contributed by atoms with Crippen LogP contribution in [0.4, 0.5) is 5.82 Å². The molecular weight excluding hydrogens is 318 g/mol. The number of amides is 1. The molecule has 3 heterocycles. The molecule has 0 spiro atoms. The first-order valence-corrected chi connectivity index (χ1v) is 9.03. The number of nitrogens with zero attached hydrogens (tertiary/aromatic N) is 4. The molecule has 1 fully saturated rings. The first-order valence-electron chi connectivity index (χ1n) is 9.03. The monoisotopic (exact) mass is 343 g/mol. The van der Waals surface area contributed by atoms with Crippen molar-refractivity contribution in [1.29, 1.82) is 0 Å². The summed E-state index contributed by atoms with van der Waals surface area (Å²) >= 11 is 0. The topological polar surface area (TPSA) is 84.2 Å². The highest BCUT2D eigenvalue weighted by atomic mass is 16.5. The van der Waals surface area contributed by atoms with Crippen LogP contribution in [0.25, 0.3) is 11.4 Å². The van der Waals surface area contributed by atoms with E-state index in [1.165, 1.54) is 25.7 Å². The van der Waals surface area contributed by atoms with Gasteiger partial charge in [-0.3, -0.25) is 4.79 Å². The van der Waals surface area contributed by atoms with E-state index in [0.29, 0.717) is 5.82 Å². The van der Waals surface area contributed by atoms with Gasteiger partial charge in [0, 0.05) is 30.9 Å². The van der Waals surface area contributed by atoms with Crippen molar-refractivity contribution in [2.24, 2.45) is 0 Å². The van der Waals surface area contributed by atoms with Gasteiger partial charge in [-0.2, -0.15) is 4.98 Å². The minimum atomic E-state index is -0.338. The van der Waals surface area contributed by atoms with E-state index in [0.717, 1.165) is 30.9 Å². The summed E-state index contributed by atoms with van der Waals surface area (Å²) in [4.78, 5) is 23.1. The molecule has 1 amide bonds. The van der Waals surface area contributed by atoms with Gasteiger partial charge in [-0.05, 0) is 38.3 Å². The Morgan fingerprint density at radius 3 is 2.80 bits per heavy atom. The molecule has 134 valence electrons. The highest BCUT2D eigenvalue weighted by molar-refractivity contribution is 5.90. The fraction of sp³-hybridized carbons (Fsp3) is 0.556. The summed E-state index contributed by atoms with van der Waals surface area (Å²) in [6.45, 7) is 5.98. The second kappa shape index (κ2) is 8.09. The van der Waals surface area contributed by atoms with E-state index in [9.17, 15) is 4.79 Å². The summed E-state index contributed by atoms with van der Waals surface area (Å²) in [6, 6.07) is 3.87. The summed E-state index contributed by atoms with van der Waals surface area (Å²) in [6.07, 6.45) is 7.52. The lowest BCUT2D eigenvalue weighted by molar-refractivity contribution is 0.0895. The Labute approximate surface area is 147 Å². The Morgan fingerprint density at radius 1 is 1.32 bits per heavy atom. The lowest BCUT2D eigenvalue weighted by Crippen LogP contribution is -2.32. The van der Waals surface area contributed by atoms with Crippen LogP contribution in [0.15, 0.2) is 22.9 Å². The fourth-order valence-electron chi connectivity index (χ4n) is 2.85. The van der Waals surface area contributed by atoms with Crippen LogP contribution >= 0.6 is 0 Å². The van der Waals surface area contributed by atoms with Crippen molar-refractivity contribution in [1.82, 2.24) is 20.4 Å². The number of carbonyl (C=O) groups excluding carboxylic acids is 1. The number of pyridine rings is 1. The van der Waals surface area contributed by atoms with E-state index in [1.807, 2.05) is 26.0 Å². The van der Waals surface area contributed by atoms with E-state index in [-0.39, 0.29) is 17.8 Å². The van der Waals surface area contributed by atoms with Crippen molar-refractivity contribution >= 4 is 11.7 Å². The van der Waals surface area contributed by atoms with Crippen molar-refractivity contribution < 1.29 is 9.32 Å². The van der Waals surface area contributed by atoms with Crippen LogP contribution in [-0.4, -0.2) is 40.2 Å². The zero-order valence-corrected chi connectivity index (χ0v) is 14.9. The molecule has 3 rings (SSSR count). The molecule has 0 aliphatic carbocycles. The van der Waals surface area contributed by atoms with Gasteiger partial charge in [0.15, 0.2) is 0 Å². The third-order valence-electron chi connectivity index (χ3n) is 4.54. The van der Waals surface area contributed by atoms with Gasteiger partial charge < -0.3 is 14.7 Å². The van der Waals surface area contributed by atoms with Gasteiger partial charge in [0.1, 0.15) is 5.82 Å². The molecule has 25 heavy (non-hydrogen) atoms. The van der Waals surface area contributed by atoms with Crippen LogP contribution in [0, 0.1) is 0 Å². The van der Waals surface area contributed by atoms with Gasteiger partial charge in [-0.1, -0.05) is 24.9 Å². The second-order valence-corrected chi connectivity index (χ2v) is 6.51. The van der Waals surface area contributed by atoms with Crippen LogP contribution in [0.5, 0.6) is 0 Å². The number of anilines is 1. The fourth-order valence-corrected chi connectivity index (χ4v) is 2.85. The number of nitrogens with one attached hydrogen (secondary N) is 1. The smallest absolute Gasteiger partial charge is 0.316 e. The number of carbonyl (C=O) groups is 1. The summed E-state index contributed by atoms with van der Waals surface area (Å²) in [5, 5.41) is 6.78. The highest BCUT2D eigenvalue weighted by Gasteiger charge is 2.18. The van der Waals surface area contributed by atoms with Gasteiger partial charge in [0.2, 0.25) is 5.82 Å². The number of hydrogen-bond acceptors (Lipinski definition) is 6. The molecule has 0 aromatic carbocycles. The van der Waals surface area contributed by atoms with Gasteiger partial charge in [-0.25, -0.2) is 4.98 Å². The van der Waals surface area contributed by atoms with E-state index >= 15 is 0 Å². The normalized spacial score (nSPS) is 16.3. The largest absolute Gasteiger partial charge is 0.357 e. The number of rotatable bonds is 5. The summed E-state index contributed by atoms with van der Waals surface area (Å²) in [7, 11) is 0. The molecule has 2 aromatic rings. The maximum atomic E-state index is 12.1. The molecule has 1 N–H and O–H groups in total. The third kappa shape index (κ3) is 4.35. The molecule has 0 saturated carbocycles. The molecule has 7 heteroatoms. The first kappa shape index (κ1) is 17.4. The van der Waals surface area contributed by atoms with Gasteiger partial charge in [-0.15, -0.1) is 0 Å². The van der Waals surface area contributed by atoms with E-state index < -0.39 is 0 Å². The number of aromatic nitrogens is 3. The SMILES string of the molecule is CCC(C)NC(=O)c1nc(-c2ccnc(N3CCCCCC3)c2)no1. The molecule has 1 aliphatic heterocycles. The molecule has 1 saturated heterocycles. The maximum Gasteiger partial charge on any atom is 0.316 e. The number of hydrogen-bond donors (Lipinski definition) is 1. The van der Waals surface area contributed by atoms with Gasteiger partial charge >= 0.3 is 11.8 Å². The third-order valence-corrected chi connectivity index (χ3v) is 4.54. The van der Waals surface area contributed by atoms with Crippen molar-refractivity contribution in [3.63, 3.8) is 0 Å². The van der Waals surface area contributed by atoms with Crippen molar-refractivity contribution in [2.45, 2.75) is 52.0 Å². The summed E-state index contributed by atoms with van der Waals surface area (Å²) in [5.41, 5.74) is 0.806. The van der Waals surface area contributed by atoms with Crippen molar-refractivity contribution in [2.75, 3.05) is 18.0 Å². The standard InChI is InChI=1S/C18H25N5O2/c1-3-13(2)20-17(24)18-21-16(22-25-18)14-8-9-19-15(12-14)23-10-6-4-5-7-11-23/h8-9,12-13H,3-7,10-11H2,1-2H3,(H,20,24). The van der Waals surface area contributed by atoms with Gasteiger partial charge in [0.25, 0.3) is 0 Å². The molecule has 0 radical (unpaired) electrons. The molecule has 2 aromatic heterocycles. The van der Waals surface area contributed by atoms with Crippen LogP contribution < -0.4 is 10.2 Å². The highest BCUT2D eigenvalue weighted by Crippen LogP contribution is 2.23. The Bertz CT molecular complexity index is 707. The van der Waals surface area contributed by atoms with Crippen LogP contribution in [0.1, 0.15) is 56.6 Å². The Morgan fingerprint density at radius 2 is 2.08 bits per heavy atom. The van der Waals surface area contributed by atoms with E-state index in [2.05, 4.69) is 25.3 Å². The zero-order chi connectivity index (χ0) is 17.6. The average molecular weight is 343 g/mol.